The van der Waals surface area contributed by atoms with E-state index in [0.29, 0.717) is 6.10 Å². The second-order valence-corrected chi connectivity index (χ2v) is 8.54. The second kappa shape index (κ2) is 8.03. The van der Waals surface area contributed by atoms with E-state index in [1.165, 1.54) is 29.0 Å². The Morgan fingerprint density at radius 1 is 1.15 bits per heavy atom. The van der Waals surface area contributed by atoms with Crippen LogP contribution in [0.2, 0.25) is 0 Å². The molecular weight excluding hydrogens is 344 g/mol. The molecule has 0 bridgehead atoms. The zero-order valence-corrected chi connectivity index (χ0v) is 16.6. The third-order valence-corrected chi connectivity index (χ3v) is 6.44. The molecule has 0 aromatic carbocycles. The van der Waals surface area contributed by atoms with Gasteiger partial charge in [-0.25, -0.2) is 4.98 Å². The molecule has 2 fully saturated rings. The molecule has 4 rings (SSSR count). The van der Waals surface area contributed by atoms with E-state index >= 15 is 0 Å². The van der Waals surface area contributed by atoms with Gasteiger partial charge >= 0.3 is 0 Å². The van der Waals surface area contributed by atoms with Crippen molar-refractivity contribution < 1.29 is 4.74 Å². The first kappa shape index (κ1) is 17.9. The quantitative estimate of drug-likeness (QED) is 0.818. The number of hydrogen-bond donors (Lipinski definition) is 0. The zero-order chi connectivity index (χ0) is 17.9. The lowest BCUT2D eigenvalue weighted by molar-refractivity contribution is 0.0172. The van der Waals surface area contributed by atoms with Gasteiger partial charge in [0.2, 0.25) is 0 Å². The summed E-state index contributed by atoms with van der Waals surface area (Å²) in [6.45, 7) is 10.2. The van der Waals surface area contributed by atoms with Gasteiger partial charge in [0.25, 0.3) is 0 Å². The molecule has 2 aliphatic rings. The molecule has 0 amide bonds. The number of nitrogens with zero attached hydrogens (tertiary/aromatic N) is 4. The number of anilines is 1. The first-order valence-electron chi connectivity index (χ1n) is 9.67. The van der Waals surface area contributed by atoms with Crippen LogP contribution in [-0.4, -0.2) is 47.7 Å². The summed E-state index contributed by atoms with van der Waals surface area (Å²) in [5.41, 5.74) is 2.02. The van der Waals surface area contributed by atoms with Crippen molar-refractivity contribution in [1.29, 1.82) is 0 Å². The molecular formula is C20H28N4OS. The van der Waals surface area contributed by atoms with Gasteiger partial charge in [-0.3, -0.25) is 9.88 Å². The first-order chi connectivity index (χ1) is 12.7. The fraction of sp³-hybridized carbons (Fsp3) is 0.600. The Kier molecular flexibility index (Phi) is 5.52. The highest BCUT2D eigenvalue weighted by Gasteiger charge is 2.22. The highest BCUT2D eigenvalue weighted by Crippen LogP contribution is 2.33. The van der Waals surface area contributed by atoms with Gasteiger partial charge in [0.1, 0.15) is 5.82 Å². The summed E-state index contributed by atoms with van der Waals surface area (Å²) in [7, 11) is 0. The maximum absolute atomic E-state index is 5.93. The molecule has 4 heterocycles. The van der Waals surface area contributed by atoms with Gasteiger partial charge in [-0.1, -0.05) is 0 Å². The van der Waals surface area contributed by atoms with Crippen LogP contribution in [0.4, 0.5) is 5.82 Å². The van der Waals surface area contributed by atoms with Crippen molar-refractivity contribution in [3.63, 3.8) is 0 Å². The van der Waals surface area contributed by atoms with Gasteiger partial charge in [0.15, 0.2) is 0 Å². The number of aryl methyl sites for hydroxylation is 2. The molecule has 5 nitrogen and oxygen atoms in total. The van der Waals surface area contributed by atoms with Gasteiger partial charge in [0.05, 0.1) is 17.5 Å². The molecule has 0 aliphatic carbocycles. The topological polar surface area (TPSA) is 41.5 Å². The van der Waals surface area contributed by atoms with Crippen LogP contribution in [0.15, 0.2) is 18.3 Å². The number of rotatable bonds is 4. The van der Waals surface area contributed by atoms with Gasteiger partial charge in [-0.15, -0.1) is 11.3 Å². The molecule has 140 valence electrons. The zero-order valence-electron chi connectivity index (χ0n) is 15.8. The maximum Gasteiger partial charge on any atom is 0.150 e. The molecule has 0 radical (unpaired) electrons. The van der Waals surface area contributed by atoms with E-state index in [1.807, 2.05) is 24.5 Å². The van der Waals surface area contributed by atoms with Crippen molar-refractivity contribution in [3.8, 4) is 0 Å². The van der Waals surface area contributed by atoms with Crippen LogP contribution in [0.1, 0.15) is 46.5 Å². The highest BCUT2D eigenvalue weighted by molar-refractivity contribution is 7.12. The van der Waals surface area contributed by atoms with Crippen LogP contribution in [0.25, 0.3) is 0 Å². The Balaban J connectivity index is 1.32. The average Bonchev–Trinajstić information content (AvgIpc) is 3.14. The van der Waals surface area contributed by atoms with Crippen LogP contribution in [-0.2, 0) is 11.3 Å². The Bertz CT molecular complexity index is 733. The number of aromatic nitrogens is 2. The van der Waals surface area contributed by atoms with Crippen LogP contribution in [0.3, 0.4) is 0 Å². The predicted octanol–water partition coefficient (Wildman–Crippen LogP) is 3.72. The van der Waals surface area contributed by atoms with Crippen molar-refractivity contribution >= 4 is 17.2 Å². The van der Waals surface area contributed by atoms with Crippen molar-refractivity contribution in [2.24, 2.45) is 0 Å². The lowest BCUT2D eigenvalue weighted by Gasteiger charge is -2.35. The molecule has 2 aromatic rings. The second-order valence-electron chi connectivity index (χ2n) is 7.34. The van der Waals surface area contributed by atoms with Crippen molar-refractivity contribution in [2.45, 2.75) is 45.8 Å². The lowest BCUT2D eigenvalue weighted by Crippen LogP contribution is -2.46. The normalized spacial score (nSPS) is 21.9. The van der Waals surface area contributed by atoms with E-state index in [4.69, 9.17) is 9.72 Å². The van der Waals surface area contributed by atoms with E-state index in [-0.39, 0.29) is 0 Å². The summed E-state index contributed by atoms with van der Waals surface area (Å²) in [6.07, 6.45) is 5.86. The molecule has 2 aromatic heterocycles. The molecule has 2 saturated heterocycles. The largest absolute Gasteiger partial charge is 0.373 e. The van der Waals surface area contributed by atoms with Crippen molar-refractivity contribution in [1.82, 2.24) is 14.9 Å². The summed E-state index contributed by atoms with van der Waals surface area (Å²) in [4.78, 5) is 16.9. The average molecular weight is 373 g/mol. The van der Waals surface area contributed by atoms with E-state index in [0.717, 1.165) is 56.5 Å². The summed E-state index contributed by atoms with van der Waals surface area (Å²) in [5, 5.41) is 0. The molecule has 0 saturated carbocycles. The predicted molar refractivity (Wildman–Crippen MR) is 106 cm³/mol. The minimum atomic E-state index is 0.335. The molecule has 0 spiro atoms. The standard InChI is InChI=1S/C20H28N4OS/c1-15-13-21-16(2)20(22-15)24-10-8-23(9-11-24)14-17-6-7-19(26-17)18-5-3-4-12-25-18/h6-7,13,18H,3-5,8-12,14H2,1-2H3/t18-/m0/s1. The minimum Gasteiger partial charge on any atom is -0.373 e. The summed E-state index contributed by atoms with van der Waals surface area (Å²) in [6, 6.07) is 4.57. The number of thiophene rings is 1. The highest BCUT2D eigenvalue weighted by atomic mass is 32.1. The summed E-state index contributed by atoms with van der Waals surface area (Å²) >= 11 is 1.93. The van der Waals surface area contributed by atoms with Crippen LogP contribution >= 0.6 is 11.3 Å². The monoisotopic (exact) mass is 372 g/mol. The third-order valence-electron chi connectivity index (χ3n) is 5.28. The van der Waals surface area contributed by atoms with Crippen molar-refractivity contribution in [3.05, 3.63) is 39.5 Å². The summed E-state index contributed by atoms with van der Waals surface area (Å²) in [5.74, 6) is 1.05. The van der Waals surface area contributed by atoms with Gasteiger partial charge in [-0.05, 0) is 45.2 Å². The molecule has 0 unspecified atom stereocenters. The maximum atomic E-state index is 5.93. The first-order valence-corrected chi connectivity index (χ1v) is 10.5. The van der Waals surface area contributed by atoms with Gasteiger partial charge in [0, 0.05) is 55.3 Å². The van der Waals surface area contributed by atoms with Crippen LogP contribution in [0.5, 0.6) is 0 Å². The van der Waals surface area contributed by atoms with E-state index < -0.39 is 0 Å². The Hall–Kier alpha value is -1.50. The number of hydrogen-bond acceptors (Lipinski definition) is 6. The van der Waals surface area contributed by atoms with Crippen LogP contribution in [0, 0.1) is 13.8 Å². The van der Waals surface area contributed by atoms with E-state index in [1.54, 1.807) is 0 Å². The van der Waals surface area contributed by atoms with Crippen molar-refractivity contribution in [2.75, 3.05) is 37.7 Å². The minimum absolute atomic E-state index is 0.335. The number of ether oxygens (including phenoxy) is 1. The Morgan fingerprint density at radius 3 is 2.77 bits per heavy atom. The smallest absolute Gasteiger partial charge is 0.150 e. The number of piperazine rings is 1. The lowest BCUT2D eigenvalue weighted by atomic mass is 10.1. The van der Waals surface area contributed by atoms with Crippen LogP contribution < -0.4 is 4.90 Å². The molecule has 26 heavy (non-hydrogen) atoms. The Labute approximate surface area is 160 Å². The van der Waals surface area contributed by atoms with E-state index in [9.17, 15) is 0 Å². The van der Waals surface area contributed by atoms with Gasteiger partial charge in [-0.2, -0.15) is 0 Å². The summed E-state index contributed by atoms with van der Waals surface area (Å²) < 4.78 is 5.93. The molecule has 6 heteroatoms. The van der Waals surface area contributed by atoms with E-state index in [2.05, 4.69) is 33.8 Å². The molecule has 0 N–H and O–H groups in total. The third kappa shape index (κ3) is 4.08. The molecule has 1 atom stereocenters. The fourth-order valence-corrected chi connectivity index (χ4v) is 4.92. The SMILES string of the molecule is Cc1cnc(C)c(N2CCN(Cc3ccc([C@@H]4CCCCO4)s3)CC2)n1. The fourth-order valence-electron chi connectivity index (χ4n) is 3.78. The Morgan fingerprint density at radius 2 is 2.00 bits per heavy atom. The van der Waals surface area contributed by atoms with Gasteiger partial charge < -0.3 is 9.64 Å². The molecule has 2 aliphatic heterocycles.